The van der Waals surface area contributed by atoms with Gasteiger partial charge in [0.2, 0.25) is 0 Å². The summed E-state index contributed by atoms with van der Waals surface area (Å²) in [6.07, 6.45) is 4.21. The average molecular weight is 213 g/mol. The smallest absolute Gasteiger partial charge is 0.00683 e. The maximum Gasteiger partial charge on any atom is 0.00683 e. The van der Waals surface area contributed by atoms with Gasteiger partial charge in [0.05, 0.1) is 0 Å². The van der Waals surface area contributed by atoms with E-state index in [1.165, 1.54) is 38.9 Å². The van der Waals surface area contributed by atoms with E-state index in [2.05, 4.69) is 10.6 Å². The van der Waals surface area contributed by atoms with Crippen LogP contribution >= 0.6 is 24.8 Å². The second-order valence-electron chi connectivity index (χ2n) is 3.54. The minimum Gasteiger partial charge on any atom is -0.316 e. The first-order valence-corrected chi connectivity index (χ1v) is 4.39. The molecule has 0 radical (unpaired) electrons. The zero-order valence-electron chi connectivity index (χ0n) is 7.21. The standard InChI is InChI=1S/C8H16N2.2ClH/c1-2-8(1)10-6-7-3-4-9-5-7;;/h7-10H,1-6H2;2*1H/t7-;;/m0../s1. The van der Waals surface area contributed by atoms with Gasteiger partial charge in [0.15, 0.2) is 0 Å². The maximum atomic E-state index is 3.56. The molecule has 1 saturated heterocycles. The predicted octanol–water partition coefficient (Wildman–Crippen LogP) is 1.19. The van der Waals surface area contributed by atoms with E-state index < -0.39 is 0 Å². The summed E-state index contributed by atoms with van der Waals surface area (Å²) in [5, 5.41) is 6.93. The van der Waals surface area contributed by atoms with Crippen molar-refractivity contribution in [1.82, 2.24) is 10.6 Å². The van der Waals surface area contributed by atoms with Gasteiger partial charge in [0.1, 0.15) is 0 Å². The molecular weight excluding hydrogens is 195 g/mol. The van der Waals surface area contributed by atoms with Gasteiger partial charge in [-0.1, -0.05) is 0 Å². The summed E-state index contributed by atoms with van der Waals surface area (Å²) in [5.74, 6) is 0.917. The van der Waals surface area contributed by atoms with Crippen molar-refractivity contribution in [3.63, 3.8) is 0 Å². The fraction of sp³-hybridized carbons (Fsp3) is 1.00. The molecule has 4 heteroatoms. The zero-order valence-corrected chi connectivity index (χ0v) is 8.85. The third-order valence-electron chi connectivity index (χ3n) is 2.43. The first kappa shape index (κ1) is 12.5. The van der Waals surface area contributed by atoms with Gasteiger partial charge in [-0.3, -0.25) is 0 Å². The molecule has 0 amide bonds. The van der Waals surface area contributed by atoms with Crippen molar-refractivity contribution in [3.8, 4) is 0 Å². The largest absolute Gasteiger partial charge is 0.316 e. The van der Waals surface area contributed by atoms with E-state index in [0.717, 1.165) is 12.0 Å². The molecule has 1 saturated carbocycles. The summed E-state index contributed by atoms with van der Waals surface area (Å²) in [6, 6.07) is 0.889. The van der Waals surface area contributed by atoms with Crippen LogP contribution in [-0.2, 0) is 0 Å². The highest BCUT2D eigenvalue weighted by Crippen LogP contribution is 2.19. The molecule has 1 aliphatic carbocycles. The van der Waals surface area contributed by atoms with E-state index in [1.807, 2.05) is 0 Å². The summed E-state index contributed by atoms with van der Waals surface area (Å²) in [5.41, 5.74) is 0. The van der Waals surface area contributed by atoms with Crippen LogP contribution in [-0.4, -0.2) is 25.7 Å². The lowest BCUT2D eigenvalue weighted by Gasteiger charge is -2.07. The SMILES string of the molecule is C1C[C@H](CNC2CC2)CN1.Cl.Cl. The predicted molar refractivity (Wildman–Crippen MR) is 56.5 cm³/mol. The molecule has 12 heavy (non-hydrogen) atoms. The normalized spacial score (nSPS) is 27.5. The van der Waals surface area contributed by atoms with Crippen molar-refractivity contribution in [2.75, 3.05) is 19.6 Å². The fourth-order valence-corrected chi connectivity index (χ4v) is 1.51. The van der Waals surface area contributed by atoms with E-state index >= 15 is 0 Å². The Bertz CT molecular complexity index is 112. The Hall–Kier alpha value is 0.500. The molecule has 0 aromatic rings. The molecule has 2 fully saturated rings. The van der Waals surface area contributed by atoms with Crippen LogP contribution in [0.3, 0.4) is 0 Å². The third kappa shape index (κ3) is 3.94. The second-order valence-corrected chi connectivity index (χ2v) is 3.54. The van der Waals surface area contributed by atoms with E-state index in [0.29, 0.717) is 0 Å². The number of halogens is 2. The highest BCUT2D eigenvalue weighted by molar-refractivity contribution is 5.85. The fourth-order valence-electron chi connectivity index (χ4n) is 1.51. The molecule has 1 atom stereocenters. The van der Waals surface area contributed by atoms with Crippen LogP contribution in [0.1, 0.15) is 19.3 Å². The quantitative estimate of drug-likeness (QED) is 0.735. The van der Waals surface area contributed by atoms with E-state index in [9.17, 15) is 0 Å². The molecule has 0 aromatic heterocycles. The number of nitrogens with one attached hydrogen (secondary N) is 2. The second kappa shape index (κ2) is 6.03. The zero-order chi connectivity index (χ0) is 6.81. The minimum atomic E-state index is 0. The topological polar surface area (TPSA) is 24.1 Å². The van der Waals surface area contributed by atoms with Crippen LogP contribution in [0.25, 0.3) is 0 Å². The van der Waals surface area contributed by atoms with Crippen LogP contribution in [0, 0.1) is 5.92 Å². The molecule has 2 rings (SSSR count). The maximum absolute atomic E-state index is 3.56. The minimum absolute atomic E-state index is 0. The summed E-state index contributed by atoms with van der Waals surface area (Å²) in [4.78, 5) is 0. The van der Waals surface area contributed by atoms with Gasteiger partial charge in [0, 0.05) is 6.04 Å². The lowest BCUT2D eigenvalue weighted by atomic mass is 10.1. The molecule has 0 aromatic carbocycles. The highest BCUT2D eigenvalue weighted by atomic mass is 35.5. The Balaban J connectivity index is 0.000000605. The molecule has 1 aliphatic heterocycles. The molecule has 74 valence electrons. The van der Waals surface area contributed by atoms with Crippen molar-refractivity contribution in [2.45, 2.75) is 25.3 Å². The van der Waals surface area contributed by atoms with Gasteiger partial charge in [-0.2, -0.15) is 0 Å². The molecule has 2 N–H and O–H groups in total. The van der Waals surface area contributed by atoms with Gasteiger partial charge in [-0.15, -0.1) is 24.8 Å². The lowest BCUT2D eigenvalue weighted by Crippen LogP contribution is -2.25. The monoisotopic (exact) mass is 212 g/mol. The van der Waals surface area contributed by atoms with Crippen LogP contribution in [0.4, 0.5) is 0 Å². The molecule has 0 bridgehead atoms. The van der Waals surface area contributed by atoms with Gasteiger partial charge in [0.25, 0.3) is 0 Å². The van der Waals surface area contributed by atoms with Gasteiger partial charge < -0.3 is 10.6 Å². The Morgan fingerprint density at radius 2 is 1.92 bits per heavy atom. The van der Waals surface area contributed by atoms with E-state index in [4.69, 9.17) is 0 Å². The first-order chi connectivity index (χ1) is 4.95. The molecule has 2 aliphatic rings. The Kier molecular flexibility index (Phi) is 6.28. The van der Waals surface area contributed by atoms with Crippen molar-refractivity contribution < 1.29 is 0 Å². The molecule has 2 nitrogen and oxygen atoms in total. The van der Waals surface area contributed by atoms with Crippen molar-refractivity contribution in [2.24, 2.45) is 5.92 Å². The van der Waals surface area contributed by atoms with Gasteiger partial charge >= 0.3 is 0 Å². The summed E-state index contributed by atoms with van der Waals surface area (Å²) in [7, 11) is 0. The summed E-state index contributed by atoms with van der Waals surface area (Å²) < 4.78 is 0. The lowest BCUT2D eigenvalue weighted by molar-refractivity contribution is 0.511. The molecule has 1 heterocycles. The molecule has 0 unspecified atom stereocenters. The third-order valence-corrected chi connectivity index (χ3v) is 2.43. The van der Waals surface area contributed by atoms with Crippen LogP contribution in [0.2, 0.25) is 0 Å². The van der Waals surface area contributed by atoms with Crippen LogP contribution < -0.4 is 10.6 Å². The first-order valence-electron chi connectivity index (χ1n) is 4.39. The van der Waals surface area contributed by atoms with E-state index in [1.54, 1.807) is 0 Å². The summed E-state index contributed by atoms with van der Waals surface area (Å²) >= 11 is 0. The van der Waals surface area contributed by atoms with Crippen LogP contribution in [0.15, 0.2) is 0 Å². The van der Waals surface area contributed by atoms with Crippen molar-refractivity contribution in [1.29, 1.82) is 0 Å². The van der Waals surface area contributed by atoms with E-state index in [-0.39, 0.29) is 24.8 Å². The number of hydrogen-bond donors (Lipinski definition) is 2. The van der Waals surface area contributed by atoms with Gasteiger partial charge in [-0.25, -0.2) is 0 Å². The molecular formula is C8H18Cl2N2. The number of rotatable bonds is 3. The average Bonchev–Trinajstić information content (AvgIpc) is 2.63. The van der Waals surface area contributed by atoms with Crippen molar-refractivity contribution >= 4 is 24.8 Å². The highest BCUT2D eigenvalue weighted by Gasteiger charge is 2.22. The Morgan fingerprint density at radius 1 is 1.17 bits per heavy atom. The number of hydrogen-bond acceptors (Lipinski definition) is 2. The molecule has 0 spiro atoms. The van der Waals surface area contributed by atoms with Crippen LogP contribution in [0.5, 0.6) is 0 Å². The summed E-state index contributed by atoms with van der Waals surface area (Å²) in [6.45, 7) is 3.72. The van der Waals surface area contributed by atoms with Crippen molar-refractivity contribution in [3.05, 3.63) is 0 Å². The Morgan fingerprint density at radius 3 is 2.42 bits per heavy atom. The Labute approximate surface area is 86.7 Å². The van der Waals surface area contributed by atoms with Gasteiger partial charge in [-0.05, 0) is 44.8 Å².